The molecule has 0 aliphatic rings. The molecule has 0 rings (SSSR count). The fraction of sp³-hybridized carbons (Fsp3) is 0.667. The number of hydrazone groups is 1. The van der Waals surface area contributed by atoms with Gasteiger partial charge in [0.1, 0.15) is 0 Å². The van der Waals surface area contributed by atoms with Crippen LogP contribution in [0.15, 0.2) is 5.10 Å². The molecular weight excluding hydrogens is 146 g/mol. The molecule has 0 aliphatic heterocycles. The maximum atomic E-state index is 4.79. The summed E-state index contributed by atoms with van der Waals surface area (Å²) in [6.45, 7) is 3.99. The molecule has 2 N–H and O–H groups in total. The number of nitrogens with one attached hydrogen (secondary N) is 2. The van der Waals surface area contributed by atoms with Crippen LogP contribution in [0.2, 0.25) is 0 Å². The summed E-state index contributed by atoms with van der Waals surface area (Å²) in [4.78, 5) is 0. The molecule has 0 saturated carbocycles. The molecule has 4 heteroatoms. The summed E-state index contributed by atoms with van der Waals surface area (Å²) in [6.07, 6.45) is 0.944. The lowest BCUT2D eigenvalue weighted by Gasteiger charge is -2.00. The topological polar surface area (TPSA) is 36.4 Å². The van der Waals surface area contributed by atoms with E-state index in [2.05, 4.69) is 15.8 Å². The molecular formula is C6H13N3S. The van der Waals surface area contributed by atoms with Crippen LogP contribution in [0, 0.1) is 0 Å². The third-order valence-corrected chi connectivity index (χ3v) is 1.38. The summed E-state index contributed by atoms with van der Waals surface area (Å²) < 4.78 is 0. The van der Waals surface area contributed by atoms with E-state index >= 15 is 0 Å². The summed E-state index contributed by atoms with van der Waals surface area (Å²) in [6, 6.07) is 0. The van der Waals surface area contributed by atoms with Crippen LogP contribution in [0.1, 0.15) is 20.3 Å². The Bertz CT molecular complexity index is 142. The molecule has 58 valence electrons. The van der Waals surface area contributed by atoms with E-state index in [1.807, 2.05) is 13.8 Å². The maximum Gasteiger partial charge on any atom is 0.186 e. The molecule has 0 aromatic rings. The summed E-state index contributed by atoms with van der Waals surface area (Å²) in [5.41, 5.74) is 3.73. The van der Waals surface area contributed by atoms with E-state index < -0.39 is 0 Å². The van der Waals surface area contributed by atoms with Gasteiger partial charge in [-0.1, -0.05) is 6.92 Å². The van der Waals surface area contributed by atoms with Crippen LogP contribution < -0.4 is 10.7 Å². The van der Waals surface area contributed by atoms with Crippen LogP contribution in [-0.4, -0.2) is 17.9 Å². The molecule has 0 amide bonds. The predicted octanol–water partition coefficient (Wildman–Crippen LogP) is 0.866. The fourth-order valence-corrected chi connectivity index (χ4v) is 0.327. The molecule has 0 saturated heterocycles. The van der Waals surface area contributed by atoms with E-state index in [0.717, 1.165) is 12.1 Å². The van der Waals surface area contributed by atoms with E-state index in [1.165, 1.54) is 0 Å². The van der Waals surface area contributed by atoms with E-state index in [1.54, 1.807) is 7.05 Å². The Labute approximate surface area is 66.9 Å². The van der Waals surface area contributed by atoms with Gasteiger partial charge >= 0.3 is 0 Å². The largest absolute Gasteiger partial charge is 0.364 e. The van der Waals surface area contributed by atoms with Crippen molar-refractivity contribution in [2.24, 2.45) is 5.10 Å². The Morgan fingerprint density at radius 2 is 2.20 bits per heavy atom. The molecule has 10 heavy (non-hydrogen) atoms. The molecule has 0 bridgehead atoms. The van der Waals surface area contributed by atoms with Crippen molar-refractivity contribution in [2.75, 3.05) is 7.05 Å². The van der Waals surface area contributed by atoms with Gasteiger partial charge in [0, 0.05) is 12.8 Å². The molecule has 0 aliphatic carbocycles. The minimum absolute atomic E-state index is 0.549. The molecule has 0 spiro atoms. The van der Waals surface area contributed by atoms with Crippen molar-refractivity contribution in [3.05, 3.63) is 0 Å². The second-order valence-electron chi connectivity index (χ2n) is 1.89. The number of hydrogen-bond acceptors (Lipinski definition) is 2. The first kappa shape index (κ1) is 9.36. The highest BCUT2D eigenvalue weighted by molar-refractivity contribution is 7.80. The Morgan fingerprint density at radius 3 is 2.60 bits per heavy atom. The molecule has 0 radical (unpaired) electrons. The first-order chi connectivity index (χ1) is 4.70. The Hall–Kier alpha value is -0.640. The number of nitrogens with zero attached hydrogens (tertiary/aromatic N) is 1. The van der Waals surface area contributed by atoms with Crippen molar-refractivity contribution in [3.63, 3.8) is 0 Å². The number of rotatable bonds is 2. The normalized spacial score (nSPS) is 10.9. The summed E-state index contributed by atoms with van der Waals surface area (Å²) in [7, 11) is 1.76. The molecule has 0 fully saturated rings. The van der Waals surface area contributed by atoms with Crippen molar-refractivity contribution in [1.29, 1.82) is 0 Å². The lowest BCUT2D eigenvalue weighted by Crippen LogP contribution is -2.29. The zero-order valence-electron chi connectivity index (χ0n) is 6.56. The summed E-state index contributed by atoms with van der Waals surface area (Å²) in [5, 5.41) is 7.28. The van der Waals surface area contributed by atoms with Crippen LogP contribution >= 0.6 is 12.2 Å². The highest BCUT2D eigenvalue weighted by Crippen LogP contribution is 1.80. The SMILES string of the molecule is CC/C(C)=N/NC(=S)NC. The molecule has 0 aromatic carbocycles. The zero-order valence-corrected chi connectivity index (χ0v) is 7.38. The van der Waals surface area contributed by atoms with Crippen LogP contribution in [-0.2, 0) is 0 Å². The van der Waals surface area contributed by atoms with Gasteiger partial charge in [-0.15, -0.1) is 0 Å². The van der Waals surface area contributed by atoms with Crippen LogP contribution in [0.5, 0.6) is 0 Å². The van der Waals surface area contributed by atoms with E-state index in [9.17, 15) is 0 Å². The third-order valence-electron chi connectivity index (χ3n) is 1.09. The van der Waals surface area contributed by atoms with Crippen molar-refractivity contribution in [1.82, 2.24) is 10.7 Å². The quantitative estimate of drug-likeness (QED) is 0.356. The van der Waals surface area contributed by atoms with Crippen molar-refractivity contribution in [3.8, 4) is 0 Å². The highest BCUT2D eigenvalue weighted by Gasteiger charge is 1.86. The Morgan fingerprint density at radius 1 is 1.60 bits per heavy atom. The first-order valence-electron chi connectivity index (χ1n) is 3.21. The van der Waals surface area contributed by atoms with Crippen LogP contribution in [0.4, 0.5) is 0 Å². The molecule has 3 nitrogen and oxygen atoms in total. The average Bonchev–Trinajstić information content (AvgIpc) is 1.99. The molecule has 0 atom stereocenters. The lowest BCUT2D eigenvalue weighted by atomic mass is 10.3. The van der Waals surface area contributed by atoms with Gasteiger partial charge < -0.3 is 5.32 Å². The zero-order chi connectivity index (χ0) is 7.98. The van der Waals surface area contributed by atoms with Crippen LogP contribution in [0.3, 0.4) is 0 Å². The van der Waals surface area contributed by atoms with E-state index in [4.69, 9.17) is 12.2 Å². The Kier molecular flexibility index (Phi) is 4.84. The number of hydrogen-bond donors (Lipinski definition) is 2. The van der Waals surface area contributed by atoms with Gasteiger partial charge in [-0.05, 0) is 25.6 Å². The minimum atomic E-state index is 0.549. The van der Waals surface area contributed by atoms with Crippen molar-refractivity contribution in [2.45, 2.75) is 20.3 Å². The van der Waals surface area contributed by atoms with E-state index in [0.29, 0.717) is 5.11 Å². The molecule has 0 heterocycles. The maximum absolute atomic E-state index is 4.79. The minimum Gasteiger partial charge on any atom is -0.364 e. The molecule has 0 aromatic heterocycles. The van der Waals surface area contributed by atoms with Gasteiger partial charge in [-0.25, -0.2) is 0 Å². The van der Waals surface area contributed by atoms with Gasteiger partial charge in [0.05, 0.1) is 0 Å². The predicted molar refractivity (Wildman–Crippen MR) is 48.2 cm³/mol. The van der Waals surface area contributed by atoms with Gasteiger partial charge in [0.2, 0.25) is 0 Å². The first-order valence-corrected chi connectivity index (χ1v) is 3.62. The van der Waals surface area contributed by atoms with Crippen LogP contribution in [0.25, 0.3) is 0 Å². The third kappa shape index (κ3) is 4.26. The summed E-state index contributed by atoms with van der Waals surface area (Å²) in [5.74, 6) is 0. The summed E-state index contributed by atoms with van der Waals surface area (Å²) >= 11 is 4.79. The van der Waals surface area contributed by atoms with Crippen molar-refractivity contribution >= 4 is 23.0 Å². The van der Waals surface area contributed by atoms with Gasteiger partial charge in [-0.3, -0.25) is 5.43 Å². The second-order valence-corrected chi connectivity index (χ2v) is 2.30. The number of thiocarbonyl (C=S) groups is 1. The average molecular weight is 159 g/mol. The second kappa shape index (κ2) is 5.17. The van der Waals surface area contributed by atoms with E-state index in [-0.39, 0.29) is 0 Å². The van der Waals surface area contributed by atoms with Gasteiger partial charge in [0.25, 0.3) is 0 Å². The smallest absolute Gasteiger partial charge is 0.186 e. The standard InChI is InChI=1S/C6H13N3S/c1-4-5(2)8-9-6(10)7-3/h4H2,1-3H3,(H2,7,9,10)/b8-5+. The Balaban J connectivity index is 3.61. The van der Waals surface area contributed by atoms with Gasteiger partial charge in [-0.2, -0.15) is 5.10 Å². The monoisotopic (exact) mass is 159 g/mol. The fourth-order valence-electron chi connectivity index (χ4n) is 0.281. The molecule has 0 unspecified atom stereocenters. The highest BCUT2D eigenvalue weighted by atomic mass is 32.1. The lowest BCUT2D eigenvalue weighted by molar-refractivity contribution is 0.962. The van der Waals surface area contributed by atoms with Crippen molar-refractivity contribution < 1.29 is 0 Å². The van der Waals surface area contributed by atoms with Gasteiger partial charge in [0.15, 0.2) is 5.11 Å².